The first kappa shape index (κ1) is 20.2. The van der Waals surface area contributed by atoms with Crippen molar-refractivity contribution in [3.63, 3.8) is 0 Å². The average molecular weight is 464 g/mol. The zero-order chi connectivity index (χ0) is 23.2. The number of carbonyl (C=O) groups is 1. The van der Waals surface area contributed by atoms with Crippen molar-refractivity contribution < 1.29 is 18.7 Å². The number of alkyl halides is 1. The van der Waals surface area contributed by atoms with Gasteiger partial charge in [-0.3, -0.25) is 9.59 Å². The molecule has 9 heteroatoms. The summed E-state index contributed by atoms with van der Waals surface area (Å²) < 4.78 is 28.7. The fourth-order valence-electron chi connectivity index (χ4n) is 5.55. The van der Waals surface area contributed by atoms with Crippen molar-refractivity contribution in [1.82, 2.24) is 14.0 Å². The van der Waals surface area contributed by atoms with Crippen molar-refractivity contribution in [3.05, 3.63) is 58.4 Å². The molecule has 176 valence electrons. The van der Waals surface area contributed by atoms with Gasteiger partial charge < -0.3 is 23.8 Å². The molecule has 1 amide bonds. The Morgan fingerprint density at radius 2 is 2.12 bits per heavy atom. The Hall–Kier alpha value is -3.20. The van der Waals surface area contributed by atoms with Gasteiger partial charge in [0, 0.05) is 36.5 Å². The third-order valence-electron chi connectivity index (χ3n) is 7.54. The molecule has 2 atom stereocenters. The summed E-state index contributed by atoms with van der Waals surface area (Å²) in [6, 6.07) is 4.52. The minimum atomic E-state index is -1.02. The van der Waals surface area contributed by atoms with Gasteiger partial charge in [0.1, 0.15) is 23.3 Å². The molecule has 5 heterocycles. The van der Waals surface area contributed by atoms with Crippen LogP contribution >= 0.6 is 0 Å². The third kappa shape index (κ3) is 3.10. The van der Waals surface area contributed by atoms with Gasteiger partial charge >= 0.3 is 0 Å². The van der Waals surface area contributed by atoms with Crippen LogP contribution in [0, 0.1) is 0 Å². The van der Waals surface area contributed by atoms with Crippen LogP contribution in [0.1, 0.15) is 61.1 Å². The van der Waals surface area contributed by atoms with Crippen molar-refractivity contribution in [2.24, 2.45) is 0 Å². The van der Waals surface area contributed by atoms with E-state index < -0.39 is 23.7 Å². The molecule has 2 saturated heterocycles. The summed E-state index contributed by atoms with van der Waals surface area (Å²) in [5.74, 6) is -0.000584. The first-order valence-corrected chi connectivity index (χ1v) is 11.8. The molecule has 0 radical (unpaired) electrons. The maximum Gasteiger partial charge on any atom is 0.274 e. The number of ether oxygens (including phenoxy) is 2. The number of anilines is 1. The standard InChI is InChI=1S/C25H25FN4O4/c1-24-11-25(12-24,13-33-24)20-10-29-9-15(19(8-21(29)28-20)34-14-4-5-14)22(31)27-17-3-2-6-30(23(17)32)18-7-16(18)26/h2-3,6,8-10,14,16,18H,4-5,7,11-13H2,1H3,(H,27,31)/t16-,18+,24?,25?/m0/s1. The molecule has 5 aliphatic rings. The molecule has 0 spiro atoms. The highest BCUT2D eigenvalue weighted by Gasteiger charge is 2.61. The molecule has 3 aromatic rings. The van der Waals surface area contributed by atoms with Gasteiger partial charge in [0.15, 0.2) is 0 Å². The Morgan fingerprint density at radius 1 is 1.32 bits per heavy atom. The minimum absolute atomic E-state index is 0.0493. The first-order chi connectivity index (χ1) is 16.3. The van der Waals surface area contributed by atoms with E-state index in [1.807, 2.05) is 10.6 Å². The zero-order valence-electron chi connectivity index (χ0n) is 18.8. The number of carbonyl (C=O) groups excluding carboxylic acids is 1. The lowest BCUT2D eigenvalue weighted by molar-refractivity contribution is 0.0154. The van der Waals surface area contributed by atoms with E-state index >= 15 is 0 Å². The van der Waals surface area contributed by atoms with Gasteiger partial charge in [0.05, 0.1) is 35.6 Å². The minimum Gasteiger partial charge on any atom is -0.489 e. The number of fused-ring (bicyclic) bond motifs is 2. The lowest BCUT2D eigenvalue weighted by Gasteiger charge is -2.41. The van der Waals surface area contributed by atoms with Crippen LogP contribution in [0.4, 0.5) is 10.1 Å². The van der Waals surface area contributed by atoms with Gasteiger partial charge in [-0.15, -0.1) is 0 Å². The van der Waals surface area contributed by atoms with Crippen LogP contribution in [0.3, 0.4) is 0 Å². The van der Waals surface area contributed by atoms with Crippen LogP contribution in [0.5, 0.6) is 5.75 Å². The Kier molecular flexibility index (Phi) is 3.97. The molecule has 2 aliphatic heterocycles. The second-order valence-electron chi connectivity index (χ2n) is 10.5. The monoisotopic (exact) mass is 464 g/mol. The molecule has 0 aromatic carbocycles. The zero-order valence-corrected chi connectivity index (χ0v) is 18.8. The lowest BCUT2D eigenvalue weighted by Crippen LogP contribution is -2.45. The number of imidazole rings is 1. The molecule has 0 unspecified atom stereocenters. The van der Waals surface area contributed by atoms with E-state index in [1.54, 1.807) is 24.5 Å². The number of hydrogen-bond donors (Lipinski definition) is 1. The smallest absolute Gasteiger partial charge is 0.274 e. The second-order valence-corrected chi connectivity index (χ2v) is 10.5. The molecule has 5 fully saturated rings. The highest BCUT2D eigenvalue weighted by molar-refractivity contribution is 6.06. The fourth-order valence-corrected chi connectivity index (χ4v) is 5.55. The van der Waals surface area contributed by atoms with Crippen LogP contribution in [0.25, 0.3) is 5.65 Å². The number of hydrogen-bond acceptors (Lipinski definition) is 5. The summed E-state index contributed by atoms with van der Waals surface area (Å²) in [4.78, 5) is 30.9. The quantitative estimate of drug-likeness (QED) is 0.604. The van der Waals surface area contributed by atoms with Crippen molar-refractivity contribution in [2.45, 2.75) is 68.4 Å². The van der Waals surface area contributed by atoms with Crippen molar-refractivity contribution in [2.75, 3.05) is 11.9 Å². The fraction of sp³-hybridized carbons (Fsp3) is 0.480. The van der Waals surface area contributed by atoms with E-state index in [4.69, 9.17) is 14.5 Å². The van der Waals surface area contributed by atoms with Crippen LogP contribution in [-0.2, 0) is 10.2 Å². The van der Waals surface area contributed by atoms with E-state index in [-0.39, 0.29) is 22.8 Å². The maximum atomic E-state index is 13.5. The van der Waals surface area contributed by atoms with E-state index in [1.165, 1.54) is 10.6 Å². The van der Waals surface area contributed by atoms with Gasteiger partial charge in [0.2, 0.25) is 0 Å². The highest BCUT2D eigenvalue weighted by atomic mass is 19.1. The number of pyridine rings is 2. The number of aromatic nitrogens is 3. The van der Waals surface area contributed by atoms with Crippen molar-refractivity contribution in [1.29, 1.82) is 0 Å². The largest absolute Gasteiger partial charge is 0.489 e. The van der Waals surface area contributed by atoms with Gasteiger partial charge in [-0.25, -0.2) is 9.37 Å². The van der Waals surface area contributed by atoms with Crippen molar-refractivity contribution >= 4 is 17.2 Å². The van der Waals surface area contributed by atoms with E-state index in [0.717, 1.165) is 31.4 Å². The predicted molar refractivity (Wildman–Crippen MR) is 121 cm³/mol. The molecule has 3 saturated carbocycles. The Labute approximate surface area is 194 Å². The summed E-state index contributed by atoms with van der Waals surface area (Å²) in [6.45, 7) is 2.79. The normalized spacial score (nSPS) is 31.4. The first-order valence-electron chi connectivity index (χ1n) is 11.8. The van der Waals surface area contributed by atoms with Gasteiger partial charge in [-0.1, -0.05) is 0 Å². The van der Waals surface area contributed by atoms with Crippen LogP contribution in [0.15, 0.2) is 41.6 Å². The van der Waals surface area contributed by atoms with E-state index in [9.17, 15) is 14.0 Å². The highest BCUT2D eigenvalue weighted by Crippen LogP contribution is 2.58. The van der Waals surface area contributed by atoms with E-state index in [0.29, 0.717) is 30.0 Å². The number of nitrogens with one attached hydrogen (secondary N) is 1. The summed E-state index contributed by atoms with van der Waals surface area (Å²) in [5, 5.41) is 2.72. The summed E-state index contributed by atoms with van der Waals surface area (Å²) in [7, 11) is 0. The molecule has 2 bridgehead atoms. The molecule has 8 rings (SSSR count). The molecule has 3 aliphatic carbocycles. The average Bonchev–Trinajstić information content (AvgIpc) is 3.62. The molecule has 8 nitrogen and oxygen atoms in total. The Balaban J connectivity index is 1.23. The molecule has 1 N–H and O–H groups in total. The molecular formula is C25H25FN4O4. The van der Waals surface area contributed by atoms with Crippen molar-refractivity contribution in [3.8, 4) is 5.75 Å². The summed E-state index contributed by atoms with van der Waals surface area (Å²) >= 11 is 0. The maximum absolute atomic E-state index is 13.5. The number of nitrogens with zero attached hydrogens (tertiary/aromatic N) is 3. The topological polar surface area (TPSA) is 86.9 Å². The predicted octanol–water partition coefficient (Wildman–Crippen LogP) is 3.39. The third-order valence-corrected chi connectivity index (χ3v) is 7.54. The van der Waals surface area contributed by atoms with Gasteiger partial charge in [-0.2, -0.15) is 0 Å². The summed E-state index contributed by atoms with van der Waals surface area (Å²) in [6.07, 6.45) is 8.41. The molecule has 34 heavy (non-hydrogen) atoms. The number of amides is 1. The van der Waals surface area contributed by atoms with Gasteiger partial charge in [-0.05, 0) is 44.7 Å². The number of halogens is 1. The van der Waals surface area contributed by atoms with Crippen LogP contribution in [0.2, 0.25) is 0 Å². The Morgan fingerprint density at radius 3 is 2.79 bits per heavy atom. The lowest BCUT2D eigenvalue weighted by atomic mass is 9.62. The molecule has 3 aromatic heterocycles. The van der Waals surface area contributed by atoms with Crippen LogP contribution in [-0.4, -0.2) is 44.3 Å². The molecular weight excluding hydrogens is 439 g/mol. The summed E-state index contributed by atoms with van der Waals surface area (Å²) in [5.41, 5.74) is 1.59. The second kappa shape index (κ2) is 6.69. The van der Waals surface area contributed by atoms with Crippen LogP contribution < -0.4 is 15.6 Å². The van der Waals surface area contributed by atoms with Gasteiger partial charge in [0.25, 0.3) is 11.5 Å². The SMILES string of the molecule is CC12CC(c3cn4cc(C(=O)Nc5cccn([C@@H]6C[C@@H]6F)c5=O)c(OC5CC5)cc4n3)(CO1)C2. The Bertz CT molecular complexity index is 1400. The van der Waals surface area contributed by atoms with E-state index in [2.05, 4.69) is 12.2 Å². The number of rotatable bonds is 6.